The quantitative estimate of drug-likeness (QED) is 0.446. The fraction of sp³-hybridized carbons (Fsp3) is 0.273. The third-order valence-electron chi connectivity index (χ3n) is 5.14. The van der Waals surface area contributed by atoms with Crippen molar-refractivity contribution in [2.75, 3.05) is 0 Å². The van der Waals surface area contributed by atoms with Gasteiger partial charge in [0.05, 0.1) is 0 Å². The molecule has 0 aliphatic heterocycles. The van der Waals surface area contributed by atoms with E-state index in [-0.39, 0.29) is 0 Å². The van der Waals surface area contributed by atoms with Crippen molar-refractivity contribution in [3.05, 3.63) is 70.7 Å². The van der Waals surface area contributed by atoms with Crippen LogP contribution in [-0.2, 0) is 0 Å². The highest BCUT2D eigenvalue weighted by atomic mass is 79.9. The predicted molar refractivity (Wildman–Crippen MR) is 103 cm³/mol. The van der Waals surface area contributed by atoms with E-state index in [1.165, 1.54) is 54.0 Å². The molecule has 0 unspecified atom stereocenters. The van der Waals surface area contributed by atoms with Crippen molar-refractivity contribution in [1.29, 1.82) is 0 Å². The lowest BCUT2D eigenvalue weighted by Crippen LogP contribution is -2.05. The van der Waals surface area contributed by atoms with Gasteiger partial charge in [-0.2, -0.15) is 0 Å². The van der Waals surface area contributed by atoms with Crippen molar-refractivity contribution in [1.82, 2.24) is 0 Å². The van der Waals surface area contributed by atoms with Gasteiger partial charge in [0.15, 0.2) is 0 Å². The second-order valence-corrected chi connectivity index (χ2v) is 7.51. The summed E-state index contributed by atoms with van der Waals surface area (Å²) in [6.07, 6.45) is 6.86. The van der Waals surface area contributed by atoms with Gasteiger partial charge in [-0.15, -0.1) is 0 Å². The minimum atomic E-state index is 0.741. The number of hydrogen-bond acceptors (Lipinski definition) is 0. The van der Waals surface area contributed by atoms with Crippen LogP contribution < -0.4 is 0 Å². The molecule has 0 aromatic heterocycles. The molecule has 0 nitrogen and oxygen atoms in total. The molecule has 3 aromatic carbocycles. The Kier molecular flexibility index (Phi) is 4.22. The highest BCUT2D eigenvalue weighted by Gasteiger charge is 2.18. The molecule has 0 N–H and O–H groups in total. The molecular weight excluding hydrogens is 344 g/mol. The Labute approximate surface area is 146 Å². The van der Waals surface area contributed by atoms with E-state index in [4.69, 9.17) is 0 Å². The van der Waals surface area contributed by atoms with Crippen molar-refractivity contribution >= 4 is 26.7 Å². The lowest BCUT2D eigenvalue weighted by atomic mass is 9.81. The van der Waals surface area contributed by atoms with Crippen LogP contribution in [0.1, 0.15) is 43.6 Å². The molecule has 0 heterocycles. The first-order chi connectivity index (χ1) is 11.3. The van der Waals surface area contributed by atoms with E-state index in [1.54, 1.807) is 5.56 Å². The molecule has 1 aliphatic carbocycles. The maximum absolute atomic E-state index is 3.60. The van der Waals surface area contributed by atoms with Crippen molar-refractivity contribution < 1.29 is 0 Å². The summed E-state index contributed by atoms with van der Waals surface area (Å²) in [6.45, 7) is 0. The first kappa shape index (κ1) is 15.0. The van der Waals surface area contributed by atoms with Gasteiger partial charge in [-0.3, -0.25) is 0 Å². The summed E-state index contributed by atoms with van der Waals surface area (Å²) in [5, 5.41) is 2.82. The number of rotatable bonds is 2. The minimum Gasteiger partial charge on any atom is -0.0616 e. The summed E-state index contributed by atoms with van der Waals surface area (Å²) < 4.78 is 1.13. The van der Waals surface area contributed by atoms with Gasteiger partial charge < -0.3 is 0 Å². The van der Waals surface area contributed by atoms with E-state index in [0.29, 0.717) is 0 Å². The Morgan fingerprint density at radius 2 is 1.52 bits per heavy atom. The van der Waals surface area contributed by atoms with Crippen LogP contribution in [0.25, 0.3) is 21.9 Å². The van der Waals surface area contributed by atoms with Crippen LogP contribution >= 0.6 is 15.9 Å². The molecule has 1 heteroatoms. The zero-order valence-corrected chi connectivity index (χ0v) is 14.9. The molecule has 0 amide bonds. The summed E-state index contributed by atoms with van der Waals surface area (Å²) in [7, 11) is 0. The van der Waals surface area contributed by atoms with Gasteiger partial charge in [0.25, 0.3) is 0 Å². The number of hydrogen-bond donors (Lipinski definition) is 0. The molecule has 1 fully saturated rings. The second kappa shape index (κ2) is 6.49. The van der Waals surface area contributed by atoms with Crippen LogP contribution in [0.5, 0.6) is 0 Å². The highest BCUT2D eigenvalue weighted by molar-refractivity contribution is 9.10. The van der Waals surface area contributed by atoms with Crippen molar-refractivity contribution in [3.8, 4) is 11.1 Å². The Bertz CT molecular complexity index is 828. The van der Waals surface area contributed by atoms with Crippen molar-refractivity contribution in [2.24, 2.45) is 0 Å². The van der Waals surface area contributed by atoms with Gasteiger partial charge >= 0.3 is 0 Å². The van der Waals surface area contributed by atoms with Crippen molar-refractivity contribution in [2.45, 2.75) is 38.0 Å². The maximum atomic E-state index is 3.60. The molecule has 0 spiro atoms. The molecule has 23 heavy (non-hydrogen) atoms. The van der Waals surface area contributed by atoms with Crippen LogP contribution in [0.15, 0.2) is 65.1 Å². The second-order valence-electron chi connectivity index (χ2n) is 6.59. The lowest BCUT2D eigenvalue weighted by Gasteiger charge is -2.24. The van der Waals surface area contributed by atoms with E-state index in [9.17, 15) is 0 Å². The van der Waals surface area contributed by atoms with Crippen LogP contribution in [0, 0.1) is 0 Å². The predicted octanol–water partition coefficient (Wildman–Crippen LogP) is 7.32. The minimum absolute atomic E-state index is 0.741. The largest absolute Gasteiger partial charge is 0.0616 e. The molecule has 4 rings (SSSR count). The fourth-order valence-corrected chi connectivity index (χ4v) is 4.40. The van der Waals surface area contributed by atoms with Gasteiger partial charge in [-0.05, 0) is 58.4 Å². The average Bonchev–Trinajstić information content (AvgIpc) is 2.61. The standard InChI is InChI=1S/C22H21Br/c23-18-10-6-9-17(15-18)20-14-13-19(16-7-2-1-3-8-16)21-11-4-5-12-22(20)21/h4-6,9-16H,1-3,7-8H2. The van der Waals surface area contributed by atoms with Gasteiger partial charge in [0, 0.05) is 4.47 Å². The summed E-state index contributed by atoms with van der Waals surface area (Å²) in [5.74, 6) is 0.741. The van der Waals surface area contributed by atoms with E-state index in [2.05, 4.69) is 76.6 Å². The summed E-state index contributed by atoms with van der Waals surface area (Å²) in [6, 6.07) is 22.2. The smallest absolute Gasteiger partial charge is 0.0181 e. The zero-order valence-electron chi connectivity index (χ0n) is 13.3. The Hall–Kier alpha value is -1.60. The van der Waals surface area contributed by atoms with E-state index in [1.807, 2.05) is 0 Å². The molecule has 0 saturated heterocycles. The SMILES string of the molecule is Brc1cccc(-c2ccc(C3CCCCC3)c3ccccc23)c1. The summed E-state index contributed by atoms with van der Waals surface area (Å²) in [5.41, 5.74) is 4.17. The van der Waals surface area contributed by atoms with E-state index < -0.39 is 0 Å². The van der Waals surface area contributed by atoms with E-state index in [0.717, 1.165) is 10.4 Å². The molecule has 1 saturated carbocycles. The van der Waals surface area contributed by atoms with Crippen molar-refractivity contribution in [3.63, 3.8) is 0 Å². The average molecular weight is 365 g/mol. The van der Waals surface area contributed by atoms with Crippen LogP contribution in [0.2, 0.25) is 0 Å². The molecule has 116 valence electrons. The Morgan fingerprint density at radius 3 is 2.30 bits per heavy atom. The maximum Gasteiger partial charge on any atom is 0.0181 e. The number of halogens is 1. The van der Waals surface area contributed by atoms with E-state index >= 15 is 0 Å². The summed E-state index contributed by atoms with van der Waals surface area (Å²) in [4.78, 5) is 0. The Balaban J connectivity index is 1.88. The third kappa shape index (κ3) is 2.95. The van der Waals surface area contributed by atoms with Gasteiger partial charge in [-0.1, -0.05) is 83.7 Å². The first-order valence-electron chi connectivity index (χ1n) is 8.60. The monoisotopic (exact) mass is 364 g/mol. The molecule has 1 aliphatic rings. The topological polar surface area (TPSA) is 0 Å². The lowest BCUT2D eigenvalue weighted by molar-refractivity contribution is 0.445. The number of benzene rings is 3. The molecule has 0 bridgehead atoms. The highest BCUT2D eigenvalue weighted by Crippen LogP contribution is 2.39. The van der Waals surface area contributed by atoms with Crippen LogP contribution in [0.4, 0.5) is 0 Å². The fourth-order valence-electron chi connectivity index (χ4n) is 4.00. The number of fused-ring (bicyclic) bond motifs is 1. The van der Waals surface area contributed by atoms with Crippen LogP contribution in [-0.4, -0.2) is 0 Å². The molecule has 0 radical (unpaired) electrons. The van der Waals surface area contributed by atoms with Gasteiger partial charge in [0.1, 0.15) is 0 Å². The Morgan fingerprint density at radius 1 is 0.739 bits per heavy atom. The first-order valence-corrected chi connectivity index (χ1v) is 9.40. The van der Waals surface area contributed by atoms with Gasteiger partial charge in [-0.25, -0.2) is 0 Å². The third-order valence-corrected chi connectivity index (χ3v) is 5.63. The van der Waals surface area contributed by atoms with Gasteiger partial charge in [0.2, 0.25) is 0 Å². The van der Waals surface area contributed by atoms with Crippen LogP contribution in [0.3, 0.4) is 0 Å². The molecule has 3 aromatic rings. The molecular formula is C22H21Br. The normalized spacial score (nSPS) is 15.9. The molecule has 0 atom stereocenters. The zero-order chi connectivity index (χ0) is 15.6. The summed E-state index contributed by atoms with van der Waals surface area (Å²) >= 11 is 3.60.